The zero-order valence-electron chi connectivity index (χ0n) is 15.3. The van der Waals surface area contributed by atoms with E-state index in [2.05, 4.69) is 40.4 Å². The van der Waals surface area contributed by atoms with Crippen LogP contribution in [0.4, 0.5) is 0 Å². The predicted molar refractivity (Wildman–Crippen MR) is 93.8 cm³/mol. The van der Waals surface area contributed by atoms with Crippen molar-refractivity contribution >= 4 is 24.2 Å². The number of hydrogen-bond donors (Lipinski definition) is 0. The van der Waals surface area contributed by atoms with Crippen molar-refractivity contribution in [3.63, 3.8) is 0 Å². The summed E-state index contributed by atoms with van der Waals surface area (Å²) in [6.07, 6.45) is 0.959. The van der Waals surface area contributed by atoms with Gasteiger partial charge in [0.1, 0.15) is 12.2 Å². The highest BCUT2D eigenvalue weighted by molar-refractivity contribution is 7.86. The highest BCUT2D eigenvalue weighted by Crippen LogP contribution is 2.49. The minimum Gasteiger partial charge on any atom is -0.408 e. The largest absolute Gasteiger partial charge is 0.408 e. The van der Waals surface area contributed by atoms with Crippen molar-refractivity contribution < 1.29 is 26.6 Å². The van der Waals surface area contributed by atoms with Gasteiger partial charge in [0.05, 0.1) is 12.4 Å². The molecular weight excluding hydrogens is 348 g/mol. The molecule has 2 saturated heterocycles. The van der Waals surface area contributed by atoms with Crippen molar-refractivity contribution in [1.29, 1.82) is 0 Å². The lowest BCUT2D eigenvalue weighted by Crippen LogP contribution is -2.57. The number of ketones is 1. The van der Waals surface area contributed by atoms with E-state index in [0.29, 0.717) is 0 Å². The fourth-order valence-electron chi connectivity index (χ4n) is 3.07. The first-order chi connectivity index (χ1) is 10.7. The molecule has 2 aliphatic heterocycles. The molecule has 0 unspecified atom stereocenters. The van der Waals surface area contributed by atoms with E-state index in [1.54, 1.807) is 6.08 Å². The number of Topliss-reactive ketones (excluding diaryl/α,β-unsaturated/α-hetero) is 1. The molecule has 0 N–H and O–H groups in total. The van der Waals surface area contributed by atoms with E-state index in [-0.39, 0.29) is 23.7 Å². The first-order valence-electron chi connectivity index (χ1n) is 8.11. The molecule has 138 valence electrons. The third-order valence-electron chi connectivity index (χ3n) is 5.31. The van der Waals surface area contributed by atoms with Crippen LogP contribution >= 0.6 is 0 Å². The molecule has 2 heterocycles. The molecule has 6 nitrogen and oxygen atoms in total. The van der Waals surface area contributed by atoms with Crippen molar-refractivity contribution in [1.82, 2.24) is 0 Å². The van der Waals surface area contributed by atoms with Gasteiger partial charge in [0.2, 0.25) is 0 Å². The number of ether oxygens (including phenoxy) is 1. The SMILES string of the molecule is C=CC[C@@]12O[C@@H](CC1=O)[C@H](O[Si](C)(C)C(C)(C)C)[C@H]2OS(C)(=O)=O. The van der Waals surface area contributed by atoms with Gasteiger partial charge in [-0.05, 0) is 18.1 Å². The summed E-state index contributed by atoms with van der Waals surface area (Å²) in [6.45, 7) is 14.1. The van der Waals surface area contributed by atoms with E-state index < -0.39 is 42.3 Å². The Morgan fingerprint density at radius 2 is 2.00 bits per heavy atom. The molecule has 4 atom stereocenters. The molecule has 0 amide bonds. The second-order valence-corrected chi connectivity index (χ2v) is 14.6. The van der Waals surface area contributed by atoms with Crippen LogP contribution < -0.4 is 0 Å². The standard InChI is InChI=1S/C16H28O6SSi/c1-8-9-16-12(17)10-11(20-16)13(14(16)21-23(5,18)19)22-24(6,7)15(2,3)4/h8,11,13-14H,1,9-10H2,2-7H3/t11-,13-,14+,16+/m0/s1. The molecule has 2 aliphatic rings. The number of rotatable bonds is 6. The predicted octanol–water partition coefficient (Wildman–Crippen LogP) is 2.41. The molecule has 0 aromatic rings. The van der Waals surface area contributed by atoms with Crippen molar-refractivity contribution in [3.05, 3.63) is 12.7 Å². The second-order valence-electron chi connectivity index (χ2n) is 8.23. The van der Waals surface area contributed by atoms with Gasteiger partial charge in [0.25, 0.3) is 10.1 Å². The molecule has 0 aliphatic carbocycles. The highest BCUT2D eigenvalue weighted by Gasteiger charge is 2.67. The smallest absolute Gasteiger partial charge is 0.264 e. The van der Waals surface area contributed by atoms with Crippen LogP contribution in [-0.2, 0) is 28.3 Å². The maximum atomic E-state index is 12.5. The number of hydrogen-bond acceptors (Lipinski definition) is 6. The lowest BCUT2D eigenvalue weighted by atomic mass is 9.81. The Labute approximate surface area is 145 Å². The van der Waals surface area contributed by atoms with E-state index in [4.69, 9.17) is 13.3 Å². The van der Waals surface area contributed by atoms with E-state index in [0.717, 1.165) is 6.26 Å². The van der Waals surface area contributed by atoms with Gasteiger partial charge in [-0.1, -0.05) is 26.8 Å². The Hall–Kier alpha value is -0.543. The van der Waals surface area contributed by atoms with Crippen molar-refractivity contribution in [2.75, 3.05) is 6.26 Å². The highest BCUT2D eigenvalue weighted by atomic mass is 32.2. The monoisotopic (exact) mass is 376 g/mol. The fourth-order valence-corrected chi connectivity index (χ4v) is 5.02. The van der Waals surface area contributed by atoms with Gasteiger partial charge in [0.15, 0.2) is 19.7 Å². The Morgan fingerprint density at radius 1 is 1.42 bits per heavy atom. The van der Waals surface area contributed by atoms with Crippen molar-refractivity contribution in [2.45, 2.75) is 75.7 Å². The van der Waals surface area contributed by atoms with Gasteiger partial charge in [-0.25, -0.2) is 0 Å². The van der Waals surface area contributed by atoms with Gasteiger partial charge in [-0.3, -0.25) is 8.98 Å². The lowest BCUT2D eigenvalue weighted by Gasteiger charge is -2.42. The summed E-state index contributed by atoms with van der Waals surface area (Å²) >= 11 is 0. The van der Waals surface area contributed by atoms with E-state index in [1.807, 2.05) is 0 Å². The molecule has 0 aromatic heterocycles. The van der Waals surface area contributed by atoms with Crippen LogP contribution in [0.15, 0.2) is 12.7 Å². The van der Waals surface area contributed by atoms with Crippen LogP contribution in [0.5, 0.6) is 0 Å². The summed E-state index contributed by atoms with van der Waals surface area (Å²) in [5.74, 6) is -0.142. The molecule has 0 radical (unpaired) electrons. The minimum atomic E-state index is -3.76. The number of carbonyl (C=O) groups is 1. The molecule has 24 heavy (non-hydrogen) atoms. The molecular formula is C16H28O6SSi. The zero-order chi connectivity index (χ0) is 18.6. The Morgan fingerprint density at radius 3 is 2.46 bits per heavy atom. The second kappa shape index (κ2) is 6.02. The Balaban J connectivity index is 2.40. The van der Waals surface area contributed by atoms with Gasteiger partial charge in [-0.2, -0.15) is 8.42 Å². The Bertz CT molecular complexity index is 635. The van der Waals surface area contributed by atoms with Crippen LogP contribution in [0.3, 0.4) is 0 Å². The third kappa shape index (κ3) is 3.39. The van der Waals surface area contributed by atoms with E-state index in [9.17, 15) is 13.2 Å². The normalized spacial score (nSPS) is 33.9. The average molecular weight is 377 g/mol. The topological polar surface area (TPSA) is 78.9 Å². The van der Waals surface area contributed by atoms with Crippen LogP contribution in [0, 0.1) is 0 Å². The summed E-state index contributed by atoms with van der Waals surface area (Å²) in [4.78, 5) is 12.5. The van der Waals surface area contributed by atoms with Gasteiger partial charge < -0.3 is 9.16 Å². The first-order valence-corrected chi connectivity index (χ1v) is 12.8. The van der Waals surface area contributed by atoms with Crippen LogP contribution in [0.25, 0.3) is 0 Å². The maximum Gasteiger partial charge on any atom is 0.264 e. The summed E-state index contributed by atoms with van der Waals surface area (Å²) < 4.78 is 41.2. The van der Waals surface area contributed by atoms with E-state index in [1.165, 1.54) is 0 Å². The first kappa shape index (κ1) is 19.8. The summed E-state index contributed by atoms with van der Waals surface area (Å²) in [7, 11) is -5.96. The summed E-state index contributed by atoms with van der Waals surface area (Å²) in [6, 6.07) is 0. The molecule has 0 saturated carbocycles. The molecule has 0 spiro atoms. The summed E-state index contributed by atoms with van der Waals surface area (Å²) in [5, 5.41) is -0.0555. The number of carbonyl (C=O) groups excluding carboxylic acids is 1. The molecule has 2 rings (SSSR count). The number of fused-ring (bicyclic) bond motifs is 2. The van der Waals surface area contributed by atoms with Gasteiger partial charge in [0, 0.05) is 12.8 Å². The van der Waals surface area contributed by atoms with E-state index >= 15 is 0 Å². The van der Waals surface area contributed by atoms with Crippen LogP contribution in [-0.4, -0.2) is 52.7 Å². The van der Waals surface area contributed by atoms with Crippen LogP contribution in [0.2, 0.25) is 18.1 Å². The third-order valence-corrected chi connectivity index (χ3v) is 10.3. The minimum absolute atomic E-state index is 0.0555. The molecule has 2 bridgehead atoms. The van der Waals surface area contributed by atoms with Crippen molar-refractivity contribution in [2.24, 2.45) is 0 Å². The van der Waals surface area contributed by atoms with Crippen molar-refractivity contribution in [3.8, 4) is 0 Å². The van der Waals surface area contributed by atoms with Gasteiger partial charge >= 0.3 is 0 Å². The fraction of sp³-hybridized carbons (Fsp3) is 0.812. The summed E-state index contributed by atoms with van der Waals surface area (Å²) in [5.41, 5.74) is -1.30. The van der Waals surface area contributed by atoms with Crippen LogP contribution in [0.1, 0.15) is 33.6 Å². The zero-order valence-corrected chi connectivity index (χ0v) is 17.1. The molecule has 0 aromatic carbocycles. The molecule has 2 fully saturated rings. The average Bonchev–Trinajstić information content (AvgIpc) is 2.81. The quantitative estimate of drug-likeness (QED) is 0.402. The maximum absolute atomic E-state index is 12.5. The Kier molecular flexibility index (Phi) is 4.96. The lowest BCUT2D eigenvalue weighted by molar-refractivity contribution is -0.137. The van der Waals surface area contributed by atoms with Gasteiger partial charge in [-0.15, -0.1) is 6.58 Å². The molecule has 8 heteroatoms.